The predicted octanol–water partition coefficient (Wildman–Crippen LogP) is 5.56. The van der Waals surface area contributed by atoms with Gasteiger partial charge in [0, 0.05) is 11.5 Å². The summed E-state index contributed by atoms with van der Waals surface area (Å²) in [5.41, 5.74) is 4.21. The Balaban J connectivity index is 1.72. The smallest absolute Gasteiger partial charge is 0.131 e. The van der Waals surface area contributed by atoms with Crippen molar-refractivity contribution < 1.29 is 4.74 Å². The fraction of sp³-hybridized carbons (Fsp3) is 0.143. The molecule has 0 aromatic heterocycles. The van der Waals surface area contributed by atoms with Gasteiger partial charge in [-0.2, -0.15) is 0 Å². The zero-order valence-electron chi connectivity index (χ0n) is 12.4. The Morgan fingerprint density at radius 3 is 2.23 bits per heavy atom. The summed E-state index contributed by atoms with van der Waals surface area (Å²) in [5, 5.41) is 0. The van der Waals surface area contributed by atoms with Gasteiger partial charge in [-0.3, -0.25) is 0 Å². The van der Waals surface area contributed by atoms with Crippen molar-refractivity contribution in [2.45, 2.75) is 18.8 Å². The molecule has 1 atom stereocenters. The first kappa shape index (κ1) is 13.1. The Labute approximate surface area is 131 Å². The number of fused-ring (bicyclic) bond motifs is 1. The fourth-order valence-electron chi connectivity index (χ4n) is 3.36. The molecule has 22 heavy (non-hydrogen) atoms. The van der Waals surface area contributed by atoms with Crippen LogP contribution in [0.3, 0.4) is 0 Å². The van der Waals surface area contributed by atoms with E-state index in [1.807, 2.05) is 36.4 Å². The van der Waals surface area contributed by atoms with Gasteiger partial charge in [-0.25, -0.2) is 0 Å². The highest BCUT2D eigenvalue weighted by atomic mass is 16.5. The summed E-state index contributed by atoms with van der Waals surface area (Å²) < 4.78 is 6.14. The molecule has 0 N–H and O–H groups in total. The average Bonchev–Trinajstić information content (AvgIpc) is 3.00. The van der Waals surface area contributed by atoms with Crippen molar-refractivity contribution in [3.05, 3.63) is 95.6 Å². The van der Waals surface area contributed by atoms with Crippen LogP contribution in [0.1, 0.15) is 29.0 Å². The highest BCUT2D eigenvalue weighted by Gasteiger charge is 2.25. The van der Waals surface area contributed by atoms with Crippen LogP contribution >= 0.6 is 0 Å². The highest BCUT2D eigenvalue weighted by molar-refractivity contribution is 5.48. The lowest BCUT2D eigenvalue weighted by atomic mass is 9.92. The molecule has 3 aromatic rings. The molecule has 1 aliphatic rings. The van der Waals surface area contributed by atoms with Crippen LogP contribution in [0.15, 0.2) is 78.9 Å². The molecule has 4 rings (SSSR count). The SMILES string of the molecule is c1ccc(Oc2ccccc2C2CCc3ccccc32)cc1. The summed E-state index contributed by atoms with van der Waals surface area (Å²) in [6.45, 7) is 0. The normalized spacial score (nSPS) is 16.3. The summed E-state index contributed by atoms with van der Waals surface area (Å²) in [4.78, 5) is 0. The van der Waals surface area contributed by atoms with E-state index in [-0.39, 0.29) is 0 Å². The first-order valence-electron chi connectivity index (χ1n) is 7.81. The predicted molar refractivity (Wildman–Crippen MR) is 89.6 cm³/mol. The Morgan fingerprint density at radius 1 is 0.682 bits per heavy atom. The molecule has 0 heterocycles. The van der Waals surface area contributed by atoms with Gasteiger partial charge in [0.25, 0.3) is 0 Å². The van der Waals surface area contributed by atoms with Gasteiger partial charge in [-0.05, 0) is 42.2 Å². The van der Waals surface area contributed by atoms with Crippen molar-refractivity contribution in [2.75, 3.05) is 0 Å². The van der Waals surface area contributed by atoms with Crippen LogP contribution in [-0.4, -0.2) is 0 Å². The van der Waals surface area contributed by atoms with E-state index in [1.54, 1.807) is 0 Å². The summed E-state index contributed by atoms with van der Waals surface area (Å²) >= 11 is 0. The molecule has 1 heteroatoms. The number of para-hydroxylation sites is 2. The van der Waals surface area contributed by atoms with Crippen LogP contribution in [-0.2, 0) is 6.42 Å². The number of benzene rings is 3. The maximum atomic E-state index is 6.14. The van der Waals surface area contributed by atoms with Crippen molar-refractivity contribution in [1.82, 2.24) is 0 Å². The van der Waals surface area contributed by atoms with Gasteiger partial charge in [0.15, 0.2) is 0 Å². The number of aryl methyl sites for hydroxylation is 1. The van der Waals surface area contributed by atoms with Crippen molar-refractivity contribution >= 4 is 0 Å². The maximum absolute atomic E-state index is 6.14. The molecule has 0 fully saturated rings. The molecule has 0 bridgehead atoms. The largest absolute Gasteiger partial charge is 0.457 e. The molecule has 0 radical (unpaired) electrons. The van der Waals surface area contributed by atoms with E-state index in [0.29, 0.717) is 5.92 Å². The molecule has 108 valence electrons. The van der Waals surface area contributed by atoms with Crippen LogP contribution in [0.2, 0.25) is 0 Å². The lowest BCUT2D eigenvalue weighted by molar-refractivity contribution is 0.472. The maximum Gasteiger partial charge on any atom is 0.131 e. The van der Waals surface area contributed by atoms with Gasteiger partial charge < -0.3 is 4.74 Å². The standard InChI is InChI=1S/C21H18O/c1-2-9-17(10-3-1)22-21-13-7-6-12-20(21)19-15-14-16-8-4-5-11-18(16)19/h1-13,19H,14-15H2. The minimum atomic E-state index is 0.441. The summed E-state index contributed by atoms with van der Waals surface area (Å²) in [6.07, 6.45) is 2.31. The lowest BCUT2D eigenvalue weighted by Gasteiger charge is -2.17. The zero-order valence-corrected chi connectivity index (χ0v) is 12.4. The van der Waals surface area contributed by atoms with E-state index in [4.69, 9.17) is 4.74 Å². The summed E-state index contributed by atoms with van der Waals surface area (Å²) in [5.74, 6) is 2.30. The number of ether oxygens (including phenoxy) is 1. The average molecular weight is 286 g/mol. The minimum Gasteiger partial charge on any atom is -0.457 e. The second-order valence-electron chi connectivity index (χ2n) is 5.74. The van der Waals surface area contributed by atoms with Gasteiger partial charge >= 0.3 is 0 Å². The van der Waals surface area contributed by atoms with Gasteiger partial charge in [0.1, 0.15) is 11.5 Å². The van der Waals surface area contributed by atoms with Crippen molar-refractivity contribution in [3.63, 3.8) is 0 Å². The molecule has 0 saturated carbocycles. The van der Waals surface area contributed by atoms with Crippen molar-refractivity contribution in [2.24, 2.45) is 0 Å². The number of rotatable bonds is 3. The summed E-state index contributed by atoms with van der Waals surface area (Å²) in [6, 6.07) is 27.2. The highest BCUT2D eigenvalue weighted by Crippen LogP contribution is 2.42. The Hall–Kier alpha value is -2.54. The summed E-state index contributed by atoms with van der Waals surface area (Å²) in [7, 11) is 0. The third-order valence-electron chi connectivity index (χ3n) is 4.40. The van der Waals surface area contributed by atoms with Crippen LogP contribution in [0.4, 0.5) is 0 Å². The third-order valence-corrected chi connectivity index (χ3v) is 4.40. The Morgan fingerprint density at radius 2 is 1.36 bits per heavy atom. The van der Waals surface area contributed by atoms with E-state index < -0.39 is 0 Å². The minimum absolute atomic E-state index is 0.441. The number of hydrogen-bond acceptors (Lipinski definition) is 1. The van der Waals surface area contributed by atoms with Crippen LogP contribution in [0.5, 0.6) is 11.5 Å². The number of hydrogen-bond donors (Lipinski definition) is 0. The molecular formula is C21H18O. The lowest BCUT2D eigenvalue weighted by Crippen LogP contribution is -1.99. The molecular weight excluding hydrogens is 268 g/mol. The molecule has 0 aliphatic heterocycles. The molecule has 1 unspecified atom stereocenters. The Kier molecular flexibility index (Phi) is 3.40. The second kappa shape index (κ2) is 5.69. The monoisotopic (exact) mass is 286 g/mol. The molecule has 0 amide bonds. The van der Waals surface area contributed by atoms with E-state index in [0.717, 1.165) is 24.3 Å². The van der Waals surface area contributed by atoms with Gasteiger partial charge in [0.2, 0.25) is 0 Å². The van der Waals surface area contributed by atoms with Gasteiger partial charge in [0.05, 0.1) is 0 Å². The van der Waals surface area contributed by atoms with Gasteiger partial charge in [-0.15, -0.1) is 0 Å². The van der Waals surface area contributed by atoms with E-state index >= 15 is 0 Å². The fourth-order valence-corrected chi connectivity index (χ4v) is 3.36. The van der Waals surface area contributed by atoms with Crippen LogP contribution < -0.4 is 4.74 Å². The van der Waals surface area contributed by atoms with E-state index in [9.17, 15) is 0 Å². The molecule has 1 aliphatic carbocycles. The second-order valence-corrected chi connectivity index (χ2v) is 5.74. The van der Waals surface area contributed by atoms with Gasteiger partial charge in [-0.1, -0.05) is 60.7 Å². The topological polar surface area (TPSA) is 9.23 Å². The quantitative estimate of drug-likeness (QED) is 0.612. The Bertz CT molecular complexity index is 777. The molecule has 0 spiro atoms. The van der Waals surface area contributed by atoms with Crippen molar-refractivity contribution in [3.8, 4) is 11.5 Å². The molecule has 0 saturated heterocycles. The molecule has 3 aromatic carbocycles. The van der Waals surface area contributed by atoms with Crippen LogP contribution in [0.25, 0.3) is 0 Å². The van der Waals surface area contributed by atoms with Crippen LogP contribution in [0, 0.1) is 0 Å². The first-order chi connectivity index (χ1) is 10.9. The zero-order chi connectivity index (χ0) is 14.8. The van der Waals surface area contributed by atoms with E-state index in [1.165, 1.54) is 16.7 Å². The molecule has 1 nitrogen and oxygen atoms in total. The van der Waals surface area contributed by atoms with E-state index in [2.05, 4.69) is 42.5 Å². The third kappa shape index (κ3) is 2.39. The first-order valence-corrected chi connectivity index (χ1v) is 7.81. The van der Waals surface area contributed by atoms with Crippen molar-refractivity contribution in [1.29, 1.82) is 0 Å².